The molecule has 2 fully saturated rings. The lowest BCUT2D eigenvalue weighted by molar-refractivity contribution is -0.126. The third-order valence-electron chi connectivity index (χ3n) is 8.36. The molecule has 0 spiro atoms. The first kappa shape index (κ1) is 29.2. The quantitative estimate of drug-likeness (QED) is 0.285. The average molecular weight is 563 g/mol. The zero-order valence-electron chi connectivity index (χ0n) is 24.9. The number of aromatic hydroxyl groups is 1. The Bertz CT molecular complexity index is 1200. The van der Waals surface area contributed by atoms with Crippen molar-refractivity contribution >= 4 is 17.4 Å². The second-order valence-corrected chi connectivity index (χ2v) is 11.5. The fraction of sp³-hybridized carbons (Fsp3) is 0.594. The Morgan fingerprint density at radius 1 is 1.05 bits per heavy atom. The van der Waals surface area contributed by atoms with Crippen molar-refractivity contribution in [1.29, 1.82) is 0 Å². The molecule has 5 rings (SSSR count). The molecule has 41 heavy (non-hydrogen) atoms. The summed E-state index contributed by atoms with van der Waals surface area (Å²) in [7, 11) is 0. The molecular formula is C32H46N6O3. The number of phenolic OH excluding ortho intramolecular Hbond substituents is 1. The molecule has 9 nitrogen and oxygen atoms in total. The largest absolute Gasteiger partial charge is 0.508 e. The maximum atomic E-state index is 12.2. The van der Waals surface area contributed by atoms with E-state index in [0.29, 0.717) is 57.0 Å². The van der Waals surface area contributed by atoms with Crippen LogP contribution in [-0.2, 0) is 17.8 Å². The number of hydrogen-bond donors (Lipinski definition) is 1. The van der Waals surface area contributed by atoms with Gasteiger partial charge in [-0.05, 0) is 81.3 Å². The summed E-state index contributed by atoms with van der Waals surface area (Å²) in [6, 6.07) is 6.43. The molecule has 1 saturated carbocycles. The third-order valence-corrected chi connectivity index (χ3v) is 8.36. The van der Waals surface area contributed by atoms with Crippen LogP contribution in [-0.4, -0.2) is 89.7 Å². The van der Waals surface area contributed by atoms with Crippen molar-refractivity contribution in [3.63, 3.8) is 0 Å². The highest BCUT2D eigenvalue weighted by Crippen LogP contribution is 2.43. The molecule has 3 aliphatic rings. The van der Waals surface area contributed by atoms with Crippen molar-refractivity contribution < 1.29 is 14.6 Å². The van der Waals surface area contributed by atoms with Gasteiger partial charge in [0.15, 0.2) is 0 Å². The van der Waals surface area contributed by atoms with Crippen LogP contribution in [0.25, 0.3) is 0 Å². The van der Waals surface area contributed by atoms with Gasteiger partial charge in [-0.15, -0.1) is 0 Å². The molecule has 0 unspecified atom stereocenters. The van der Waals surface area contributed by atoms with Crippen molar-refractivity contribution in [2.75, 3.05) is 68.8 Å². The van der Waals surface area contributed by atoms with E-state index >= 15 is 0 Å². The fourth-order valence-corrected chi connectivity index (χ4v) is 6.08. The van der Waals surface area contributed by atoms with Crippen LogP contribution in [0.4, 0.5) is 11.5 Å². The van der Waals surface area contributed by atoms with Gasteiger partial charge in [0.1, 0.15) is 11.6 Å². The zero-order chi connectivity index (χ0) is 28.8. The highest BCUT2D eigenvalue weighted by atomic mass is 16.5. The summed E-state index contributed by atoms with van der Waals surface area (Å²) in [6.45, 7) is 16.1. The molecule has 3 heterocycles. The summed E-state index contributed by atoms with van der Waals surface area (Å²) in [4.78, 5) is 30.9. The first-order chi connectivity index (χ1) is 20.0. The number of ether oxygens (including phenoxy) is 1. The molecule has 222 valence electrons. The van der Waals surface area contributed by atoms with Crippen LogP contribution >= 0.6 is 0 Å². The molecule has 1 aromatic carbocycles. The number of carbonyl (C=O) groups excluding carboxylic acids is 1. The molecule has 0 radical (unpaired) electrons. The lowest BCUT2D eigenvalue weighted by atomic mass is 10.0. The summed E-state index contributed by atoms with van der Waals surface area (Å²) >= 11 is 0. The molecule has 1 saturated heterocycles. The Hall–Kier alpha value is -3.33. The SMILES string of the molecule is C=CC(=O)N1CCN(c2nc(OCCCN(CCC)CCC)nc3c2CCN(c2cc(O)cc(C4CC4)c2)C3)CC1. The zero-order valence-corrected chi connectivity index (χ0v) is 24.9. The Morgan fingerprint density at radius 2 is 1.80 bits per heavy atom. The summed E-state index contributed by atoms with van der Waals surface area (Å²) < 4.78 is 6.19. The third kappa shape index (κ3) is 7.31. The second kappa shape index (κ2) is 13.6. The topological polar surface area (TPSA) is 85.3 Å². The Kier molecular flexibility index (Phi) is 9.64. The van der Waals surface area contributed by atoms with E-state index in [2.05, 4.69) is 41.2 Å². The van der Waals surface area contributed by atoms with E-state index in [0.717, 1.165) is 74.6 Å². The van der Waals surface area contributed by atoms with Gasteiger partial charge < -0.3 is 29.4 Å². The number of fused-ring (bicyclic) bond motifs is 1. The molecular weight excluding hydrogens is 516 g/mol. The molecule has 9 heteroatoms. The van der Waals surface area contributed by atoms with Gasteiger partial charge in [0, 0.05) is 56.6 Å². The monoisotopic (exact) mass is 562 g/mol. The Balaban J connectivity index is 1.34. The van der Waals surface area contributed by atoms with Gasteiger partial charge in [0.25, 0.3) is 0 Å². The van der Waals surface area contributed by atoms with Crippen molar-refractivity contribution in [3.05, 3.63) is 47.7 Å². The Morgan fingerprint density at radius 3 is 2.49 bits per heavy atom. The minimum Gasteiger partial charge on any atom is -0.508 e. The van der Waals surface area contributed by atoms with Crippen molar-refractivity contribution in [2.24, 2.45) is 0 Å². The first-order valence-electron chi connectivity index (χ1n) is 15.5. The highest BCUT2D eigenvalue weighted by Gasteiger charge is 2.30. The van der Waals surface area contributed by atoms with E-state index in [1.807, 2.05) is 17.0 Å². The van der Waals surface area contributed by atoms with E-state index in [9.17, 15) is 9.90 Å². The molecule has 1 aromatic heterocycles. The standard InChI is InChI=1S/C32H46N6O3/c1-4-11-35(12-5-2)13-7-19-41-32-33-29-23-38(26-20-25(24-8-9-24)21-27(39)22-26)14-10-28(29)31(34-32)37-17-15-36(16-18-37)30(40)6-3/h6,20-22,24,39H,3-5,7-19,23H2,1-2H3. The van der Waals surface area contributed by atoms with Crippen LogP contribution in [0, 0.1) is 0 Å². The number of carbonyl (C=O) groups is 1. The van der Waals surface area contributed by atoms with Crippen LogP contribution in [0.15, 0.2) is 30.9 Å². The maximum absolute atomic E-state index is 12.2. The minimum atomic E-state index is -0.0223. The molecule has 0 atom stereocenters. The Labute approximate surface area is 244 Å². The van der Waals surface area contributed by atoms with E-state index < -0.39 is 0 Å². The van der Waals surface area contributed by atoms with Gasteiger partial charge in [-0.25, -0.2) is 0 Å². The van der Waals surface area contributed by atoms with Crippen LogP contribution < -0.4 is 14.5 Å². The van der Waals surface area contributed by atoms with Crippen LogP contribution in [0.5, 0.6) is 11.8 Å². The van der Waals surface area contributed by atoms with Gasteiger partial charge in [-0.3, -0.25) is 4.79 Å². The summed E-state index contributed by atoms with van der Waals surface area (Å²) in [5.74, 6) is 1.81. The predicted molar refractivity (Wildman–Crippen MR) is 163 cm³/mol. The molecule has 2 aliphatic heterocycles. The van der Waals surface area contributed by atoms with Crippen LogP contribution in [0.1, 0.15) is 68.7 Å². The van der Waals surface area contributed by atoms with E-state index in [-0.39, 0.29) is 5.91 Å². The van der Waals surface area contributed by atoms with Crippen molar-refractivity contribution in [1.82, 2.24) is 19.8 Å². The number of anilines is 2. The number of benzene rings is 1. The number of nitrogens with zero attached hydrogens (tertiary/aromatic N) is 6. The minimum absolute atomic E-state index is 0.0223. The molecule has 1 N–H and O–H groups in total. The van der Waals surface area contributed by atoms with E-state index in [1.54, 1.807) is 0 Å². The van der Waals surface area contributed by atoms with E-state index in [4.69, 9.17) is 14.7 Å². The van der Waals surface area contributed by atoms with Gasteiger partial charge >= 0.3 is 6.01 Å². The summed E-state index contributed by atoms with van der Waals surface area (Å²) in [5, 5.41) is 10.4. The van der Waals surface area contributed by atoms with Crippen molar-refractivity contribution in [3.8, 4) is 11.8 Å². The smallest absolute Gasteiger partial charge is 0.318 e. The van der Waals surface area contributed by atoms with Crippen molar-refractivity contribution in [2.45, 2.75) is 64.8 Å². The maximum Gasteiger partial charge on any atom is 0.318 e. The fourth-order valence-electron chi connectivity index (χ4n) is 6.08. The number of phenols is 1. The van der Waals surface area contributed by atoms with Gasteiger partial charge in [-0.2, -0.15) is 9.97 Å². The molecule has 2 aromatic rings. The highest BCUT2D eigenvalue weighted by molar-refractivity contribution is 5.87. The lowest BCUT2D eigenvalue weighted by Gasteiger charge is -2.38. The summed E-state index contributed by atoms with van der Waals surface area (Å²) in [5.41, 5.74) is 4.42. The first-order valence-corrected chi connectivity index (χ1v) is 15.5. The number of piperazine rings is 1. The van der Waals surface area contributed by atoms with E-state index in [1.165, 1.54) is 24.5 Å². The molecule has 0 bridgehead atoms. The second-order valence-electron chi connectivity index (χ2n) is 11.5. The molecule has 1 amide bonds. The van der Waals surface area contributed by atoms with Gasteiger partial charge in [0.05, 0.1) is 18.8 Å². The lowest BCUT2D eigenvalue weighted by Crippen LogP contribution is -2.49. The predicted octanol–water partition coefficient (Wildman–Crippen LogP) is 4.35. The average Bonchev–Trinajstić information content (AvgIpc) is 3.84. The normalized spacial score (nSPS) is 17.1. The van der Waals surface area contributed by atoms with Gasteiger partial charge in [0.2, 0.25) is 5.91 Å². The van der Waals surface area contributed by atoms with Crippen LogP contribution in [0.3, 0.4) is 0 Å². The molecule has 1 aliphatic carbocycles. The number of amides is 1. The van der Waals surface area contributed by atoms with Gasteiger partial charge in [-0.1, -0.05) is 20.4 Å². The van der Waals surface area contributed by atoms with Crippen LogP contribution in [0.2, 0.25) is 0 Å². The number of aromatic nitrogens is 2. The summed E-state index contributed by atoms with van der Waals surface area (Å²) in [6.07, 6.45) is 7.84. The number of hydrogen-bond acceptors (Lipinski definition) is 8. The number of rotatable bonds is 13.